The molecule has 10 nitrogen and oxygen atoms in total. The standard InChI is InChI=1S/C23H32FN5O5/c1-15(2)10-11-27-13-19-28(18(22(27)33)8-9-21(31)32)20(30)14-26(3)29(19)23(34)25-12-16-4-6-17(24)7-5-16/h4-7,15,18-19H,8-14H2,1-3H3,(H,25,34)(H,31,32)/t18-,19-/m0/s1. The molecule has 0 unspecified atom stereocenters. The zero-order valence-corrected chi connectivity index (χ0v) is 19.7. The van der Waals surface area contributed by atoms with E-state index in [0.29, 0.717) is 18.0 Å². The van der Waals surface area contributed by atoms with Gasteiger partial charge >= 0.3 is 12.0 Å². The molecule has 0 radical (unpaired) electrons. The number of likely N-dealkylation sites (N-methyl/N-ethyl adjacent to an activating group) is 1. The zero-order chi connectivity index (χ0) is 25.0. The highest BCUT2D eigenvalue weighted by Gasteiger charge is 2.50. The second-order valence-corrected chi connectivity index (χ2v) is 9.14. The van der Waals surface area contributed by atoms with Gasteiger partial charge < -0.3 is 20.2 Å². The van der Waals surface area contributed by atoms with Crippen LogP contribution >= 0.6 is 0 Å². The molecular formula is C23H32FN5O5. The number of urea groups is 1. The number of aliphatic carboxylic acids is 1. The quantitative estimate of drug-likeness (QED) is 0.586. The van der Waals surface area contributed by atoms with E-state index in [9.17, 15) is 28.7 Å². The van der Waals surface area contributed by atoms with Gasteiger partial charge in [0.2, 0.25) is 11.8 Å². The van der Waals surface area contributed by atoms with Gasteiger partial charge in [0.05, 0.1) is 13.1 Å². The summed E-state index contributed by atoms with van der Waals surface area (Å²) in [5.74, 6) is -1.71. The molecule has 3 rings (SSSR count). The van der Waals surface area contributed by atoms with Gasteiger partial charge in [0.25, 0.3) is 0 Å². The molecule has 34 heavy (non-hydrogen) atoms. The van der Waals surface area contributed by atoms with Crippen LogP contribution < -0.4 is 5.32 Å². The van der Waals surface area contributed by atoms with E-state index in [1.165, 1.54) is 27.1 Å². The molecule has 2 saturated heterocycles. The highest BCUT2D eigenvalue weighted by molar-refractivity contribution is 5.91. The van der Waals surface area contributed by atoms with Gasteiger partial charge in [-0.1, -0.05) is 26.0 Å². The van der Waals surface area contributed by atoms with Crippen LogP contribution in [0.15, 0.2) is 24.3 Å². The number of carbonyl (C=O) groups excluding carboxylic acids is 3. The van der Waals surface area contributed by atoms with Crippen molar-refractivity contribution in [3.63, 3.8) is 0 Å². The molecule has 0 aliphatic carbocycles. The number of carbonyl (C=O) groups is 4. The minimum absolute atomic E-state index is 0.0245. The van der Waals surface area contributed by atoms with Crippen molar-refractivity contribution in [2.75, 3.05) is 26.7 Å². The fourth-order valence-electron chi connectivity index (χ4n) is 4.32. The summed E-state index contributed by atoms with van der Waals surface area (Å²) in [6, 6.07) is 4.34. The number of piperazine rings is 1. The summed E-state index contributed by atoms with van der Waals surface area (Å²) in [7, 11) is 1.62. The molecule has 0 bridgehead atoms. The Morgan fingerprint density at radius 3 is 2.50 bits per heavy atom. The lowest BCUT2D eigenvalue weighted by atomic mass is 10.0. The highest BCUT2D eigenvalue weighted by atomic mass is 19.1. The maximum atomic E-state index is 13.2. The Morgan fingerprint density at radius 1 is 1.21 bits per heavy atom. The van der Waals surface area contributed by atoms with E-state index in [1.807, 2.05) is 13.8 Å². The molecule has 2 atom stereocenters. The average Bonchev–Trinajstić information content (AvgIpc) is 2.76. The van der Waals surface area contributed by atoms with Gasteiger partial charge in [0, 0.05) is 26.6 Å². The van der Waals surface area contributed by atoms with E-state index in [0.717, 1.165) is 6.42 Å². The largest absolute Gasteiger partial charge is 0.481 e. The third-order valence-electron chi connectivity index (χ3n) is 6.11. The van der Waals surface area contributed by atoms with E-state index < -0.39 is 24.2 Å². The number of benzene rings is 1. The van der Waals surface area contributed by atoms with Crippen LogP contribution in [0.5, 0.6) is 0 Å². The monoisotopic (exact) mass is 477 g/mol. The predicted molar refractivity (Wildman–Crippen MR) is 120 cm³/mol. The summed E-state index contributed by atoms with van der Waals surface area (Å²) in [6.45, 7) is 4.69. The van der Waals surface area contributed by atoms with Crippen molar-refractivity contribution in [3.8, 4) is 0 Å². The molecule has 11 heteroatoms. The van der Waals surface area contributed by atoms with Crippen molar-refractivity contribution >= 4 is 23.8 Å². The summed E-state index contributed by atoms with van der Waals surface area (Å²) in [6.07, 6.45) is -0.311. The van der Waals surface area contributed by atoms with Crippen LogP contribution in [0, 0.1) is 11.7 Å². The van der Waals surface area contributed by atoms with Crippen LogP contribution in [0.4, 0.5) is 9.18 Å². The van der Waals surface area contributed by atoms with E-state index in [2.05, 4.69) is 5.32 Å². The maximum absolute atomic E-state index is 13.2. The number of halogens is 1. The average molecular weight is 478 g/mol. The molecule has 0 aromatic heterocycles. The van der Waals surface area contributed by atoms with Gasteiger partial charge in [-0.2, -0.15) is 0 Å². The van der Waals surface area contributed by atoms with Gasteiger partial charge in [0.1, 0.15) is 18.0 Å². The first-order valence-electron chi connectivity index (χ1n) is 11.4. The van der Waals surface area contributed by atoms with Gasteiger partial charge in [0.15, 0.2) is 0 Å². The maximum Gasteiger partial charge on any atom is 0.334 e. The van der Waals surface area contributed by atoms with Gasteiger partial charge in [-0.05, 0) is 36.5 Å². The molecule has 186 valence electrons. The van der Waals surface area contributed by atoms with E-state index >= 15 is 0 Å². The number of hydrazine groups is 1. The Kier molecular flexibility index (Phi) is 8.08. The first kappa shape index (κ1) is 25.4. The van der Waals surface area contributed by atoms with Crippen molar-refractivity contribution in [2.45, 2.75) is 51.9 Å². The summed E-state index contributed by atoms with van der Waals surface area (Å²) in [5, 5.41) is 14.9. The van der Waals surface area contributed by atoms with Crippen LogP contribution in [0.1, 0.15) is 38.7 Å². The van der Waals surface area contributed by atoms with Gasteiger partial charge in [-0.25, -0.2) is 19.2 Å². The number of carboxylic acids is 1. The van der Waals surface area contributed by atoms with Crippen LogP contribution in [0.3, 0.4) is 0 Å². The number of fused-ring (bicyclic) bond motifs is 1. The smallest absolute Gasteiger partial charge is 0.334 e. The third-order valence-corrected chi connectivity index (χ3v) is 6.11. The second-order valence-electron chi connectivity index (χ2n) is 9.14. The molecule has 4 amide bonds. The van der Waals surface area contributed by atoms with Crippen molar-refractivity contribution in [2.24, 2.45) is 5.92 Å². The Morgan fingerprint density at radius 2 is 1.88 bits per heavy atom. The number of amides is 4. The Bertz CT molecular complexity index is 925. The fourth-order valence-corrected chi connectivity index (χ4v) is 4.32. The molecule has 2 N–H and O–H groups in total. The van der Waals surface area contributed by atoms with Crippen molar-refractivity contribution in [3.05, 3.63) is 35.6 Å². The molecule has 1 aromatic rings. The number of rotatable bonds is 8. The molecule has 2 aliphatic heterocycles. The molecule has 2 aliphatic rings. The van der Waals surface area contributed by atoms with Crippen molar-refractivity contribution in [1.29, 1.82) is 0 Å². The van der Waals surface area contributed by atoms with Crippen LogP contribution in [0.25, 0.3) is 0 Å². The highest BCUT2D eigenvalue weighted by Crippen LogP contribution is 2.28. The van der Waals surface area contributed by atoms with E-state index in [4.69, 9.17) is 0 Å². The second kappa shape index (κ2) is 10.8. The molecular weight excluding hydrogens is 445 g/mol. The predicted octanol–water partition coefficient (Wildman–Crippen LogP) is 1.47. The number of hydrogen-bond donors (Lipinski definition) is 2. The number of nitrogens with one attached hydrogen (secondary N) is 1. The lowest BCUT2D eigenvalue weighted by Crippen LogP contribution is -2.76. The topological polar surface area (TPSA) is 114 Å². The number of nitrogens with zero attached hydrogens (tertiary/aromatic N) is 4. The third kappa shape index (κ3) is 5.82. The van der Waals surface area contributed by atoms with E-state index in [1.54, 1.807) is 24.1 Å². The molecule has 2 heterocycles. The molecule has 0 saturated carbocycles. The first-order valence-corrected chi connectivity index (χ1v) is 11.4. The number of hydrogen-bond acceptors (Lipinski definition) is 5. The first-order chi connectivity index (χ1) is 16.1. The van der Waals surface area contributed by atoms with Crippen LogP contribution in [0.2, 0.25) is 0 Å². The zero-order valence-electron chi connectivity index (χ0n) is 19.7. The van der Waals surface area contributed by atoms with Crippen molar-refractivity contribution in [1.82, 2.24) is 25.1 Å². The fraction of sp³-hybridized carbons (Fsp3) is 0.565. The van der Waals surface area contributed by atoms with Gasteiger partial charge in [-0.15, -0.1) is 0 Å². The molecule has 1 aromatic carbocycles. The normalized spacial score (nSPS) is 21.1. The summed E-state index contributed by atoms with van der Waals surface area (Å²) < 4.78 is 13.2. The van der Waals surface area contributed by atoms with Crippen LogP contribution in [-0.4, -0.2) is 87.6 Å². The SMILES string of the molecule is CC(C)CCN1C[C@H]2N(C(=O)CN(C)N2C(=O)NCc2ccc(F)cc2)[C@@H](CCC(=O)O)C1=O. The molecule has 2 fully saturated rings. The summed E-state index contributed by atoms with van der Waals surface area (Å²) >= 11 is 0. The van der Waals surface area contributed by atoms with Crippen molar-refractivity contribution < 1.29 is 28.7 Å². The molecule has 0 spiro atoms. The summed E-state index contributed by atoms with van der Waals surface area (Å²) in [5.41, 5.74) is 0.707. The van der Waals surface area contributed by atoms with Crippen LogP contribution in [-0.2, 0) is 20.9 Å². The minimum atomic E-state index is -1.06. The minimum Gasteiger partial charge on any atom is -0.481 e. The Hall–Kier alpha value is -3.21. The van der Waals surface area contributed by atoms with E-state index in [-0.39, 0.29) is 50.1 Å². The number of carboxylic acid groups (broad SMARTS) is 1. The Balaban J connectivity index is 1.84. The Labute approximate surface area is 198 Å². The lowest BCUT2D eigenvalue weighted by Gasteiger charge is -2.54. The van der Waals surface area contributed by atoms with Gasteiger partial charge in [-0.3, -0.25) is 14.4 Å². The summed E-state index contributed by atoms with van der Waals surface area (Å²) in [4.78, 5) is 53.6. The lowest BCUT2D eigenvalue weighted by molar-refractivity contribution is -0.187.